The number of hydrogen-bond donors (Lipinski definition) is 1. The van der Waals surface area contributed by atoms with Gasteiger partial charge in [-0.3, -0.25) is 9.69 Å². The predicted octanol–water partition coefficient (Wildman–Crippen LogP) is 1.23. The fraction of sp³-hybridized carbons (Fsp3) is 0.929. The molecule has 18 heavy (non-hydrogen) atoms. The first-order valence-electron chi connectivity index (χ1n) is 7.29. The Balaban J connectivity index is 1.94. The van der Waals surface area contributed by atoms with E-state index >= 15 is 0 Å². The van der Waals surface area contributed by atoms with Gasteiger partial charge in [0.25, 0.3) is 0 Å². The summed E-state index contributed by atoms with van der Waals surface area (Å²) in [6.45, 7) is 5.92. The maximum absolute atomic E-state index is 12.4. The zero-order chi connectivity index (χ0) is 13.1. The van der Waals surface area contributed by atoms with E-state index in [1.165, 1.54) is 6.42 Å². The average Bonchev–Trinajstić information content (AvgIpc) is 2.76. The smallest absolute Gasteiger partial charge is 0.237 e. The van der Waals surface area contributed by atoms with Crippen molar-refractivity contribution >= 4 is 5.91 Å². The van der Waals surface area contributed by atoms with Crippen LogP contribution in [0.3, 0.4) is 0 Å². The summed E-state index contributed by atoms with van der Waals surface area (Å²) in [6, 6.07) is 0.942. The van der Waals surface area contributed by atoms with Crippen molar-refractivity contribution in [1.29, 1.82) is 0 Å². The second kappa shape index (κ2) is 6.02. The number of carbonyl (C=O) groups is 1. The highest BCUT2D eigenvalue weighted by Crippen LogP contribution is 2.24. The van der Waals surface area contributed by atoms with Crippen LogP contribution in [0.25, 0.3) is 0 Å². The van der Waals surface area contributed by atoms with Crippen molar-refractivity contribution in [2.45, 2.75) is 64.1 Å². The van der Waals surface area contributed by atoms with Crippen LogP contribution in [0.1, 0.15) is 46.0 Å². The number of piperidine rings is 1. The molecule has 0 bridgehead atoms. The van der Waals surface area contributed by atoms with Crippen LogP contribution in [0.2, 0.25) is 0 Å². The van der Waals surface area contributed by atoms with Crippen LogP contribution in [-0.4, -0.2) is 58.6 Å². The molecule has 0 aromatic heterocycles. The molecule has 2 fully saturated rings. The second-order valence-electron chi connectivity index (χ2n) is 5.88. The van der Waals surface area contributed by atoms with Gasteiger partial charge in [0.2, 0.25) is 5.91 Å². The van der Waals surface area contributed by atoms with E-state index in [2.05, 4.69) is 23.6 Å². The Morgan fingerprint density at radius 3 is 2.44 bits per heavy atom. The third-order valence-electron chi connectivity index (χ3n) is 4.53. The molecule has 1 amide bonds. The van der Waals surface area contributed by atoms with E-state index in [-0.39, 0.29) is 18.6 Å². The molecule has 0 radical (unpaired) electrons. The molecule has 2 rings (SSSR count). The Labute approximate surface area is 110 Å². The number of nitrogens with zero attached hydrogens (tertiary/aromatic N) is 2. The van der Waals surface area contributed by atoms with Gasteiger partial charge < -0.3 is 10.0 Å². The Kier molecular flexibility index (Phi) is 4.62. The zero-order valence-corrected chi connectivity index (χ0v) is 11.6. The number of amides is 1. The van der Waals surface area contributed by atoms with Crippen LogP contribution in [0.4, 0.5) is 0 Å². The molecule has 2 heterocycles. The first-order valence-corrected chi connectivity index (χ1v) is 7.29. The molecule has 2 aliphatic rings. The van der Waals surface area contributed by atoms with Crippen LogP contribution in [0.15, 0.2) is 0 Å². The van der Waals surface area contributed by atoms with Crippen LogP contribution >= 0.6 is 0 Å². The van der Waals surface area contributed by atoms with Crippen molar-refractivity contribution in [3.05, 3.63) is 0 Å². The highest BCUT2D eigenvalue weighted by atomic mass is 16.3. The van der Waals surface area contributed by atoms with E-state index in [1.54, 1.807) is 0 Å². The lowest BCUT2D eigenvalue weighted by Crippen LogP contribution is -2.51. The molecule has 0 aromatic carbocycles. The van der Waals surface area contributed by atoms with Crippen LogP contribution in [0, 0.1) is 0 Å². The summed E-state index contributed by atoms with van der Waals surface area (Å²) >= 11 is 0. The summed E-state index contributed by atoms with van der Waals surface area (Å²) in [5.74, 6) is 0.245. The number of aliphatic hydroxyl groups excluding tert-OH is 1. The van der Waals surface area contributed by atoms with E-state index in [0.717, 1.165) is 32.2 Å². The van der Waals surface area contributed by atoms with Crippen molar-refractivity contribution in [2.24, 2.45) is 0 Å². The Bertz CT molecular complexity index is 286. The normalized spacial score (nSPS) is 33.9. The van der Waals surface area contributed by atoms with E-state index in [1.807, 2.05) is 0 Å². The molecule has 3 atom stereocenters. The summed E-state index contributed by atoms with van der Waals surface area (Å²) in [5, 5.41) is 9.30. The van der Waals surface area contributed by atoms with Gasteiger partial charge >= 0.3 is 0 Å². The number of likely N-dealkylation sites (tertiary alicyclic amines) is 2. The van der Waals surface area contributed by atoms with Crippen molar-refractivity contribution in [1.82, 2.24) is 9.80 Å². The minimum Gasteiger partial charge on any atom is -0.395 e. The Morgan fingerprint density at radius 2 is 1.83 bits per heavy atom. The Hall–Kier alpha value is -0.610. The topological polar surface area (TPSA) is 43.8 Å². The molecule has 4 nitrogen and oxygen atoms in total. The minimum atomic E-state index is 0.179. The Morgan fingerprint density at radius 1 is 1.17 bits per heavy atom. The van der Waals surface area contributed by atoms with Crippen molar-refractivity contribution < 1.29 is 9.90 Å². The number of aliphatic hydroxyl groups is 1. The van der Waals surface area contributed by atoms with Gasteiger partial charge in [0.1, 0.15) is 0 Å². The largest absolute Gasteiger partial charge is 0.395 e. The van der Waals surface area contributed by atoms with Gasteiger partial charge in [-0.1, -0.05) is 0 Å². The maximum atomic E-state index is 12.4. The molecule has 3 unspecified atom stereocenters. The number of carbonyl (C=O) groups excluding carboxylic acids is 1. The first kappa shape index (κ1) is 13.8. The van der Waals surface area contributed by atoms with Crippen molar-refractivity contribution in [3.63, 3.8) is 0 Å². The molecule has 0 saturated carbocycles. The lowest BCUT2D eigenvalue weighted by molar-refractivity contribution is -0.138. The quantitative estimate of drug-likeness (QED) is 0.824. The van der Waals surface area contributed by atoms with E-state index in [9.17, 15) is 9.90 Å². The van der Waals surface area contributed by atoms with Gasteiger partial charge in [0.05, 0.1) is 13.2 Å². The predicted molar refractivity (Wildman–Crippen MR) is 71.3 cm³/mol. The third-order valence-corrected chi connectivity index (χ3v) is 4.53. The van der Waals surface area contributed by atoms with Gasteiger partial charge in [-0.15, -0.1) is 0 Å². The summed E-state index contributed by atoms with van der Waals surface area (Å²) in [4.78, 5) is 16.7. The molecular weight excluding hydrogens is 228 g/mol. The fourth-order valence-electron chi connectivity index (χ4n) is 3.48. The van der Waals surface area contributed by atoms with Crippen molar-refractivity contribution in [2.75, 3.05) is 19.7 Å². The van der Waals surface area contributed by atoms with Crippen molar-refractivity contribution in [3.8, 4) is 0 Å². The fourth-order valence-corrected chi connectivity index (χ4v) is 3.48. The SMILES string of the molecule is CC1CCCC(C)N1C(=O)CN1CCCC1CO. The first-order chi connectivity index (χ1) is 8.63. The van der Waals surface area contributed by atoms with Gasteiger partial charge in [-0.25, -0.2) is 0 Å². The number of rotatable bonds is 3. The monoisotopic (exact) mass is 254 g/mol. The third kappa shape index (κ3) is 2.86. The van der Waals surface area contributed by atoms with Gasteiger partial charge in [0, 0.05) is 18.1 Å². The van der Waals surface area contributed by atoms with Crippen LogP contribution in [0.5, 0.6) is 0 Å². The minimum absolute atomic E-state index is 0.179. The molecule has 2 aliphatic heterocycles. The molecule has 4 heteroatoms. The van der Waals surface area contributed by atoms with E-state index in [0.29, 0.717) is 18.6 Å². The van der Waals surface area contributed by atoms with Gasteiger partial charge in [-0.2, -0.15) is 0 Å². The second-order valence-corrected chi connectivity index (χ2v) is 5.88. The van der Waals surface area contributed by atoms with Crippen LogP contribution < -0.4 is 0 Å². The molecule has 1 N–H and O–H groups in total. The highest BCUT2D eigenvalue weighted by molar-refractivity contribution is 5.79. The summed E-state index contributed by atoms with van der Waals surface area (Å²) in [5.41, 5.74) is 0. The summed E-state index contributed by atoms with van der Waals surface area (Å²) in [7, 11) is 0. The lowest BCUT2D eigenvalue weighted by atomic mass is 9.97. The lowest BCUT2D eigenvalue weighted by Gasteiger charge is -2.40. The molecule has 0 aromatic rings. The van der Waals surface area contributed by atoms with E-state index in [4.69, 9.17) is 0 Å². The average molecular weight is 254 g/mol. The summed E-state index contributed by atoms with van der Waals surface area (Å²) in [6.07, 6.45) is 5.60. The molecular formula is C14H26N2O2. The highest BCUT2D eigenvalue weighted by Gasteiger charge is 2.32. The molecule has 0 spiro atoms. The van der Waals surface area contributed by atoms with E-state index < -0.39 is 0 Å². The van der Waals surface area contributed by atoms with Gasteiger partial charge in [0.15, 0.2) is 0 Å². The summed E-state index contributed by atoms with van der Waals surface area (Å²) < 4.78 is 0. The zero-order valence-electron chi connectivity index (χ0n) is 11.6. The molecule has 2 saturated heterocycles. The standard InChI is InChI=1S/C14H26N2O2/c1-11-5-3-6-12(2)16(11)14(18)9-15-8-4-7-13(15)10-17/h11-13,17H,3-10H2,1-2H3. The van der Waals surface area contributed by atoms with Crippen LogP contribution in [-0.2, 0) is 4.79 Å². The number of hydrogen-bond acceptors (Lipinski definition) is 3. The molecule has 0 aliphatic carbocycles. The van der Waals surface area contributed by atoms with Gasteiger partial charge in [-0.05, 0) is 52.5 Å². The molecule has 104 valence electrons. The maximum Gasteiger partial charge on any atom is 0.237 e.